The third-order valence-corrected chi connectivity index (χ3v) is 2.67. The minimum absolute atomic E-state index is 0.0448. The molecule has 20 heavy (non-hydrogen) atoms. The number of carbonyl (C=O) groups is 2. The lowest BCUT2D eigenvalue weighted by Gasteiger charge is -2.20. The van der Waals surface area contributed by atoms with Gasteiger partial charge in [-0.1, -0.05) is 0 Å². The largest absolute Gasteiger partial charge is 0.481 e. The summed E-state index contributed by atoms with van der Waals surface area (Å²) in [6.07, 6.45) is 1.24. The number of rotatable bonds is 8. The van der Waals surface area contributed by atoms with Gasteiger partial charge in [-0.2, -0.15) is 0 Å². The summed E-state index contributed by atoms with van der Waals surface area (Å²) in [6, 6.07) is 3.44. The Morgan fingerprint density at radius 3 is 2.60 bits per heavy atom. The number of carboxylic acid groups (broad SMARTS) is 1. The van der Waals surface area contributed by atoms with E-state index in [4.69, 9.17) is 10.2 Å². The molecule has 3 N–H and O–H groups in total. The zero-order valence-electron chi connectivity index (χ0n) is 11.4. The first kappa shape index (κ1) is 15.9. The smallest absolute Gasteiger partial charge is 0.303 e. The van der Waals surface area contributed by atoms with E-state index in [0.29, 0.717) is 18.1 Å². The first-order chi connectivity index (χ1) is 9.56. The van der Waals surface area contributed by atoms with E-state index in [-0.39, 0.29) is 25.4 Å². The molecule has 1 amide bonds. The van der Waals surface area contributed by atoms with Crippen molar-refractivity contribution in [2.24, 2.45) is 0 Å². The predicted molar refractivity (Wildman–Crippen MR) is 74.7 cm³/mol. The summed E-state index contributed by atoms with van der Waals surface area (Å²) in [5, 5.41) is 20.0. The number of pyridine rings is 1. The molecule has 1 heterocycles. The Kier molecular flexibility index (Phi) is 6.45. The average Bonchev–Trinajstić information content (AvgIpc) is 2.43. The highest BCUT2D eigenvalue weighted by molar-refractivity contribution is 5.92. The topological polar surface area (TPSA) is 103 Å². The fourth-order valence-electron chi connectivity index (χ4n) is 1.65. The SMILES string of the molecule is CCN(CCO)c1ccc(NC(=O)CCC(=O)O)cn1. The minimum atomic E-state index is -1.00. The van der Waals surface area contributed by atoms with Crippen LogP contribution in [0.4, 0.5) is 11.5 Å². The van der Waals surface area contributed by atoms with Gasteiger partial charge in [-0.3, -0.25) is 9.59 Å². The van der Waals surface area contributed by atoms with E-state index in [1.165, 1.54) is 6.20 Å². The van der Waals surface area contributed by atoms with Gasteiger partial charge in [0.2, 0.25) is 5.91 Å². The monoisotopic (exact) mass is 281 g/mol. The number of carbonyl (C=O) groups excluding carboxylic acids is 1. The summed E-state index contributed by atoms with van der Waals surface area (Å²) in [6.45, 7) is 3.22. The van der Waals surface area contributed by atoms with Crippen LogP contribution in [0.25, 0.3) is 0 Å². The van der Waals surface area contributed by atoms with Crippen LogP contribution in [-0.4, -0.2) is 46.8 Å². The van der Waals surface area contributed by atoms with E-state index in [0.717, 1.165) is 6.54 Å². The van der Waals surface area contributed by atoms with Crippen molar-refractivity contribution in [3.63, 3.8) is 0 Å². The van der Waals surface area contributed by atoms with Gasteiger partial charge in [0.15, 0.2) is 0 Å². The molecule has 7 nitrogen and oxygen atoms in total. The Bertz CT molecular complexity index is 447. The van der Waals surface area contributed by atoms with Crippen LogP contribution >= 0.6 is 0 Å². The van der Waals surface area contributed by atoms with Gasteiger partial charge < -0.3 is 20.4 Å². The first-order valence-electron chi connectivity index (χ1n) is 6.40. The summed E-state index contributed by atoms with van der Waals surface area (Å²) >= 11 is 0. The lowest BCUT2D eigenvalue weighted by Crippen LogP contribution is -2.27. The van der Waals surface area contributed by atoms with Gasteiger partial charge in [0.1, 0.15) is 5.82 Å². The van der Waals surface area contributed by atoms with Gasteiger partial charge in [-0.05, 0) is 19.1 Å². The molecule has 0 fully saturated rings. The molecule has 0 aliphatic rings. The molecular weight excluding hydrogens is 262 g/mol. The number of anilines is 2. The Morgan fingerprint density at radius 2 is 2.10 bits per heavy atom. The third-order valence-electron chi connectivity index (χ3n) is 2.67. The van der Waals surface area contributed by atoms with Gasteiger partial charge in [0, 0.05) is 19.5 Å². The van der Waals surface area contributed by atoms with Crippen molar-refractivity contribution in [3.05, 3.63) is 18.3 Å². The Morgan fingerprint density at radius 1 is 1.35 bits per heavy atom. The number of nitrogens with one attached hydrogen (secondary N) is 1. The highest BCUT2D eigenvalue weighted by Gasteiger charge is 2.08. The zero-order chi connectivity index (χ0) is 15.0. The molecule has 0 unspecified atom stereocenters. The van der Waals surface area contributed by atoms with Gasteiger partial charge >= 0.3 is 5.97 Å². The Labute approximate surface area is 117 Å². The number of hydrogen-bond donors (Lipinski definition) is 3. The normalized spacial score (nSPS) is 10.1. The van der Waals surface area contributed by atoms with Crippen molar-refractivity contribution >= 4 is 23.4 Å². The van der Waals surface area contributed by atoms with E-state index >= 15 is 0 Å². The first-order valence-corrected chi connectivity index (χ1v) is 6.40. The number of aliphatic hydroxyl groups is 1. The van der Waals surface area contributed by atoms with Crippen molar-refractivity contribution in [2.45, 2.75) is 19.8 Å². The Balaban J connectivity index is 2.57. The lowest BCUT2D eigenvalue weighted by molar-refractivity contribution is -0.138. The molecular formula is C13H19N3O4. The van der Waals surface area contributed by atoms with Gasteiger partial charge in [0.05, 0.1) is 24.9 Å². The van der Waals surface area contributed by atoms with Crippen LogP contribution in [0, 0.1) is 0 Å². The molecule has 0 atom stereocenters. The summed E-state index contributed by atoms with van der Waals surface area (Å²) in [7, 11) is 0. The molecule has 110 valence electrons. The number of amides is 1. The number of aliphatic carboxylic acids is 1. The molecule has 1 aromatic rings. The highest BCUT2D eigenvalue weighted by Crippen LogP contribution is 2.14. The number of likely N-dealkylation sites (N-methyl/N-ethyl adjacent to an activating group) is 1. The van der Waals surface area contributed by atoms with E-state index in [1.807, 2.05) is 11.8 Å². The number of carboxylic acids is 1. The number of aromatic nitrogens is 1. The molecule has 1 rings (SSSR count). The van der Waals surface area contributed by atoms with Crippen LogP contribution in [0.2, 0.25) is 0 Å². The molecule has 0 aliphatic carbocycles. The van der Waals surface area contributed by atoms with Crippen LogP contribution < -0.4 is 10.2 Å². The maximum absolute atomic E-state index is 11.4. The average molecular weight is 281 g/mol. The quantitative estimate of drug-likeness (QED) is 0.648. The van der Waals surface area contributed by atoms with Crippen LogP contribution in [0.1, 0.15) is 19.8 Å². The van der Waals surface area contributed by atoms with E-state index in [9.17, 15) is 9.59 Å². The van der Waals surface area contributed by atoms with Crippen molar-refractivity contribution in [1.29, 1.82) is 0 Å². The van der Waals surface area contributed by atoms with Crippen molar-refractivity contribution in [1.82, 2.24) is 4.98 Å². The zero-order valence-corrected chi connectivity index (χ0v) is 11.4. The number of nitrogens with zero attached hydrogens (tertiary/aromatic N) is 2. The predicted octanol–water partition coefficient (Wildman–Crippen LogP) is 0.703. The summed E-state index contributed by atoms with van der Waals surface area (Å²) in [5.74, 6) is -0.647. The van der Waals surface area contributed by atoms with Crippen molar-refractivity contribution in [3.8, 4) is 0 Å². The van der Waals surface area contributed by atoms with Crippen LogP contribution in [0.3, 0.4) is 0 Å². The van der Waals surface area contributed by atoms with E-state index < -0.39 is 5.97 Å². The second-order valence-corrected chi connectivity index (χ2v) is 4.15. The maximum Gasteiger partial charge on any atom is 0.303 e. The summed E-state index contributed by atoms with van der Waals surface area (Å²) in [4.78, 5) is 27.9. The lowest BCUT2D eigenvalue weighted by atomic mass is 10.3. The second-order valence-electron chi connectivity index (χ2n) is 4.15. The van der Waals surface area contributed by atoms with Gasteiger partial charge in [-0.25, -0.2) is 4.98 Å². The summed E-state index contributed by atoms with van der Waals surface area (Å²) < 4.78 is 0. The Hall–Kier alpha value is -2.15. The molecule has 0 bridgehead atoms. The summed E-state index contributed by atoms with van der Waals surface area (Å²) in [5.41, 5.74) is 0.518. The van der Waals surface area contributed by atoms with Gasteiger partial charge in [-0.15, -0.1) is 0 Å². The minimum Gasteiger partial charge on any atom is -0.481 e. The van der Waals surface area contributed by atoms with Crippen LogP contribution in [0.5, 0.6) is 0 Å². The molecule has 0 aliphatic heterocycles. The standard InChI is InChI=1S/C13H19N3O4/c1-2-16(7-8-17)11-4-3-10(9-14-11)15-12(18)5-6-13(19)20/h3-4,9,17H,2,5-8H2,1H3,(H,15,18)(H,19,20). The molecule has 0 saturated heterocycles. The molecule has 1 aromatic heterocycles. The second kappa shape index (κ2) is 8.11. The van der Waals surface area contributed by atoms with Crippen LogP contribution in [0.15, 0.2) is 18.3 Å². The molecule has 0 saturated carbocycles. The molecule has 0 radical (unpaired) electrons. The third kappa shape index (κ3) is 5.23. The van der Waals surface area contributed by atoms with Crippen molar-refractivity contribution in [2.75, 3.05) is 29.9 Å². The van der Waals surface area contributed by atoms with Crippen LogP contribution in [-0.2, 0) is 9.59 Å². The highest BCUT2D eigenvalue weighted by atomic mass is 16.4. The fourth-order valence-corrected chi connectivity index (χ4v) is 1.65. The van der Waals surface area contributed by atoms with Crippen molar-refractivity contribution < 1.29 is 19.8 Å². The molecule has 7 heteroatoms. The van der Waals surface area contributed by atoms with E-state index in [2.05, 4.69) is 10.3 Å². The van der Waals surface area contributed by atoms with Gasteiger partial charge in [0.25, 0.3) is 0 Å². The number of aliphatic hydroxyl groups excluding tert-OH is 1. The van der Waals surface area contributed by atoms with E-state index in [1.54, 1.807) is 12.1 Å². The molecule has 0 aromatic carbocycles. The molecule has 0 spiro atoms. The fraction of sp³-hybridized carbons (Fsp3) is 0.462. The maximum atomic E-state index is 11.4. The number of hydrogen-bond acceptors (Lipinski definition) is 5.